The lowest BCUT2D eigenvalue weighted by molar-refractivity contribution is -0.151. The second kappa shape index (κ2) is 9.69. The van der Waals surface area contributed by atoms with E-state index in [1.54, 1.807) is 5.48 Å². The molecule has 15 heteroatoms. The Labute approximate surface area is 195 Å². The van der Waals surface area contributed by atoms with Gasteiger partial charge in [-0.05, 0) is 24.3 Å². The van der Waals surface area contributed by atoms with Crippen LogP contribution in [0.5, 0.6) is 34.5 Å². The number of phenolic OH excluding ortho intramolecular Hbond substituents is 6. The largest absolute Gasteiger partial charge is 0.504 e. The van der Waals surface area contributed by atoms with Crippen molar-refractivity contribution in [3.63, 3.8) is 0 Å². The molecule has 1 fully saturated rings. The summed E-state index contributed by atoms with van der Waals surface area (Å²) in [6, 6.07) is 3.14. The predicted molar refractivity (Wildman–Crippen MR) is 108 cm³/mol. The van der Waals surface area contributed by atoms with Crippen LogP contribution in [-0.2, 0) is 14.2 Å². The zero-order valence-corrected chi connectivity index (χ0v) is 17.5. The molecule has 1 heterocycles. The van der Waals surface area contributed by atoms with Gasteiger partial charge in [0.25, 0.3) is 0 Å². The van der Waals surface area contributed by atoms with E-state index in [1.165, 1.54) is 0 Å². The van der Waals surface area contributed by atoms with Crippen molar-refractivity contribution in [2.24, 2.45) is 0 Å². The molecule has 4 atom stereocenters. The first-order valence-electron chi connectivity index (χ1n) is 9.68. The summed E-state index contributed by atoms with van der Waals surface area (Å²) < 4.78 is 15.0. The molecule has 0 aromatic heterocycles. The number of nitrogens with one attached hydrogen (secondary N) is 1. The normalized spacial score (nSPS) is 23.7. The summed E-state index contributed by atoms with van der Waals surface area (Å²) in [6.07, 6.45) is -5.11. The molecule has 1 unspecified atom stereocenters. The predicted octanol–water partition coefficient (Wildman–Crippen LogP) is -1.27. The first kappa shape index (κ1) is 25.6. The van der Waals surface area contributed by atoms with Crippen molar-refractivity contribution in [2.75, 3.05) is 13.2 Å². The van der Waals surface area contributed by atoms with Crippen molar-refractivity contribution < 1.29 is 69.9 Å². The third-order valence-corrected chi connectivity index (χ3v) is 5.17. The van der Waals surface area contributed by atoms with E-state index in [2.05, 4.69) is 0 Å². The number of aromatic hydroxyl groups is 6. The number of hydroxylamine groups is 1. The molecule has 0 spiro atoms. The summed E-state index contributed by atoms with van der Waals surface area (Å²) in [6.45, 7) is -1.70. The van der Waals surface area contributed by atoms with Crippen molar-refractivity contribution in [2.45, 2.75) is 24.0 Å². The second-order valence-electron chi connectivity index (χ2n) is 7.52. The highest BCUT2D eigenvalue weighted by Crippen LogP contribution is 2.37. The van der Waals surface area contributed by atoms with Crippen molar-refractivity contribution in [3.8, 4) is 34.5 Å². The van der Waals surface area contributed by atoms with Gasteiger partial charge in [0.2, 0.25) is 0 Å². The van der Waals surface area contributed by atoms with Crippen LogP contribution in [0.3, 0.4) is 0 Å². The molecule has 35 heavy (non-hydrogen) atoms. The fourth-order valence-electron chi connectivity index (χ4n) is 3.23. The molecule has 0 radical (unpaired) electrons. The molecule has 1 aliphatic rings. The van der Waals surface area contributed by atoms with Gasteiger partial charge in [-0.2, -0.15) is 5.48 Å². The first-order valence-corrected chi connectivity index (χ1v) is 9.68. The summed E-state index contributed by atoms with van der Waals surface area (Å²) in [5.41, 5.74) is -1.69. The molecule has 0 aliphatic carbocycles. The summed E-state index contributed by atoms with van der Waals surface area (Å²) in [4.78, 5) is 24.4. The van der Waals surface area contributed by atoms with Crippen LogP contribution in [0.4, 0.5) is 0 Å². The fraction of sp³-hybridized carbons (Fsp3) is 0.300. The number of rotatable bonds is 7. The van der Waals surface area contributed by atoms with Crippen LogP contribution in [0.1, 0.15) is 20.7 Å². The summed E-state index contributed by atoms with van der Waals surface area (Å²) in [5.74, 6) is -7.30. The third-order valence-electron chi connectivity index (χ3n) is 5.17. The molecule has 0 saturated carbocycles. The molecular formula is C20H21NO14. The molecule has 190 valence electrons. The van der Waals surface area contributed by atoms with E-state index in [1.807, 2.05) is 0 Å². The smallest absolute Gasteiger partial charge is 0.338 e. The molecular weight excluding hydrogens is 478 g/mol. The van der Waals surface area contributed by atoms with E-state index >= 15 is 0 Å². The maximum absolute atomic E-state index is 12.2. The number of carbonyl (C=O) groups is 2. The zero-order valence-electron chi connectivity index (χ0n) is 17.5. The van der Waals surface area contributed by atoms with Crippen LogP contribution in [0.2, 0.25) is 0 Å². The molecule has 15 nitrogen and oxygen atoms in total. The van der Waals surface area contributed by atoms with Gasteiger partial charge in [0, 0.05) is 0 Å². The van der Waals surface area contributed by atoms with E-state index in [4.69, 9.17) is 14.2 Å². The highest BCUT2D eigenvalue weighted by molar-refractivity contribution is 5.91. The Bertz CT molecular complexity index is 1090. The minimum Gasteiger partial charge on any atom is -0.504 e. The lowest BCUT2D eigenvalue weighted by Crippen LogP contribution is -2.56. The number of esters is 2. The molecule has 10 N–H and O–H groups in total. The van der Waals surface area contributed by atoms with Crippen molar-refractivity contribution >= 4 is 11.9 Å². The lowest BCUT2D eigenvalue weighted by Gasteiger charge is -2.29. The summed E-state index contributed by atoms with van der Waals surface area (Å²) in [7, 11) is 0. The minimum absolute atomic E-state index is 0.369. The SMILES string of the molecule is O=C(OC[C@H]1OC(NO)[C@@](O)(COC(=O)c2cc(O)c(O)c(O)c2)[C@@H]1O)c1cc(O)c(O)c(O)c1. The number of benzene rings is 2. The topological polar surface area (TPSA) is 256 Å². The van der Waals surface area contributed by atoms with Crippen molar-refractivity contribution in [3.05, 3.63) is 35.4 Å². The van der Waals surface area contributed by atoms with Gasteiger partial charge >= 0.3 is 11.9 Å². The van der Waals surface area contributed by atoms with E-state index < -0.39 is 89.2 Å². The number of aliphatic hydroxyl groups excluding tert-OH is 1. The minimum atomic E-state index is -2.47. The molecule has 2 aromatic rings. The third kappa shape index (κ3) is 4.93. The van der Waals surface area contributed by atoms with E-state index in [9.17, 15) is 55.6 Å². The number of carbonyl (C=O) groups excluding carboxylic acids is 2. The molecule has 0 amide bonds. The van der Waals surface area contributed by atoms with Crippen molar-refractivity contribution in [1.29, 1.82) is 0 Å². The number of hydrogen-bond acceptors (Lipinski definition) is 15. The maximum Gasteiger partial charge on any atom is 0.338 e. The Hall–Kier alpha value is -4.02. The highest BCUT2D eigenvalue weighted by Gasteiger charge is 2.56. The molecule has 3 rings (SSSR count). The van der Waals surface area contributed by atoms with Gasteiger partial charge in [0.15, 0.2) is 46.3 Å². The molecule has 1 saturated heterocycles. The molecule has 1 aliphatic heterocycles. The summed E-state index contributed by atoms with van der Waals surface area (Å²) >= 11 is 0. The zero-order chi connectivity index (χ0) is 26.1. The molecule has 2 aromatic carbocycles. The van der Waals surface area contributed by atoms with E-state index in [0.717, 1.165) is 24.3 Å². The Morgan fingerprint density at radius 1 is 0.857 bits per heavy atom. The van der Waals surface area contributed by atoms with Crippen LogP contribution in [0, 0.1) is 0 Å². The van der Waals surface area contributed by atoms with Crippen LogP contribution < -0.4 is 5.48 Å². The Morgan fingerprint density at radius 3 is 1.71 bits per heavy atom. The lowest BCUT2D eigenvalue weighted by atomic mass is 9.95. The number of aliphatic hydroxyl groups is 2. The van der Waals surface area contributed by atoms with E-state index in [-0.39, 0.29) is 5.56 Å². The highest BCUT2D eigenvalue weighted by atomic mass is 16.6. The van der Waals surface area contributed by atoms with Crippen LogP contribution in [-0.4, -0.2) is 95.2 Å². The maximum atomic E-state index is 12.2. The summed E-state index contributed by atoms with van der Waals surface area (Å²) in [5, 5.41) is 87.2. The fourth-order valence-corrected chi connectivity index (χ4v) is 3.23. The van der Waals surface area contributed by atoms with Gasteiger partial charge in [-0.25, -0.2) is 9.59 Å². The van der Waals surface area contributed by atoms with Gasteiger partial charge in [0.05, 0.1) is 11.1 Å². The molecule has 0 bridgehead atoms. The van der Waals surface area contributed by atoms with Gasteiger partial charge < -0.3 is 60.3 Å². The number of phenols is 6. The monoisotopic (exact) mass is 499 g/mol. The Kier molecular flexibility index (Phi) is 7.09. The number of ether oxygens (including phenoxy) is 3. The van der Waals surface area contributed by atoms with E-state index in [0.29, 0.717) is 0 Å². The average molecular weight is 499 g/mol. The average Bonchev–Trinajstić information content (AvgIpc) is 3.06. The van der Waals surface area contributed by atoms with Crippen LogP contribution in [0.15, 0.2) is 24.3 Å². The van der Waals surface area contributed by atoms with Crippen molar-refractivity contribution in [1.82, 2.24) is 5.48 Å². The Balaban J connectivity index is 1.66. The van der Waals surface area contributed by atoms with Crippen LogP contribution >= 0.6 is 0 Å². The van der Waals surface area contributed by atoms with Gasteiger partial charge in [0.1, 0.15) is 25.4 Å². The van der Waals surface area contributed by atoms with Gasteiger partial charge in [-0.15, -0.1) is 0 Å². The number of hydrogen-bond donors (Lipinski definition) is 10. The second-order valence-corrected chi connectivity index (χ2v) is 7.52. The first-order chi connectivity index (χ1) is 16.4. The van der Waals surface area contributed by atoms with Gasteiger partial charge in [-0.3, -0.25) is 0 Å². The quantitative estimate of drug-likeness (QED) is 0.121. The van der Waals surface area contributed by atoms with Gasteiger partial charge in [-0.1, -0.05) is 0 Å². The Morgan fingerprint density at radius 2 is 1.29 bits per heavy atom. The van der Waals surface area contributed by atoms with Crippen LogP contribution in [0.25, 0.3) is 0 Å². The standard InChI is InChI=1S/C20H21NO14/c22-9-1-7(2-10(23)14(9)26)17(29)33-5-13-16(28)20(31,19(21-32)35-13)6-34-18(30)8-3-11(24)15(27)12(25)4-8/h1-4,13,16,19,21-28,31-32H,5-6H2/t13-,16-,19?,20-/m1/s1.